The molecule has 0 aliphatic carbocycles. The van der Waals surface area contributed by atoms with Gasteiger partial charge in [0.1, 0.15) is 5.82 Å². The van der Waals surface area contributed by atoms with E-state index in [2.05, 4.69) is 44.0 Å². The van der Waals surface area contributed by atoms with Crippen molar-refractivity contribution >= 4 is 16.7 Å². The fraction of sp³-hybridized carbons (Fsp3) is 0.438. The molecule has 2 aromatic rings. The Hall–Kier alpha value is -1.57. The SMILES string of the molecule is CCCCCc1cc2c(C)c(C)ccc2nc1N. The van der Waals surface area contributed by atoms with E-state index in [1.165, 1.54) is 41.3 Å². The van der Waals surface area contributed by atoms with E-state index in [1.54, 1.807) is 0 Å². The molecule has 1 heterocycles. The lowest BCUT2D eigenvalue weighted by Crippen LogP contribution is -2.00. The molecule has 0 spiro atoms. The Morgan fingerprint density at radius 2 is 1.94 bits per heavy atom. The Morgan fingerprint density at radius 3 is 2.67 bits per heavy atom. The molecular formula is C16H22N2. The van der Waals surface area contributed by atoms with Gasteiger partial charge in [0.05, 0.1) is 5.52 Å². The number of nitrogens with zero attached hydrogens (tertiary/aromatic N) is 1. The number of benzene rings is 1. The summed E-state index contributed by atoms with van der Waals surface area (Å²) in [6.07, 6.45) is 4.72. The second-order valence-electron chi connectivity index (χ2n) is 5.06. The summed E-state index contributed by atoms with van der Waals surface area (Å²) >= 11 is 0. The number of nitrogens with two attached hydrogens (primary N) is 1. The van der Waals surface area contributed by atoms with Crippen molar-refractivity contribution in [3.8, 4) is 0 Å². The Morgan fingerprint density at radius 1 is 1.17 bits per heavy atom. The molecule has 0 bridgehead atoms. The van der Waals surface area contributed by atoms with Gasteiger partial charge in [-0.1, -0.05) is 25.8 Å². The maximum absolute atomic E-state index is 6.05. The molecule has 0 aliphatic rings. The molecule has 0 radical (unpaired) electrons. The summed E-state index contributed by atoms with van der Waals surface area (Å²) < 4.78 is 0. The topological polar surface area (TPSA) is 38.9 Å². The molecular weight excluding hydrogens is 220 g/mol. The maximum atomic E-state index is 6.05. The van der Waals surface area contributed by atoms with Crippen LogP contribution in [0, 0.1) is 13.8 Å². The van der Waals surface area contributed by atoms with Crippen LogP contribution in [-0.2, 0) is 6.42 Å². The minimum atomic E-state index is 0.696. The summed E-state index contributed by atoms with van der Waals surface area (Å²) in [6, 6.07) is 6.40. The van der Waals surface area contributed by atoms with E-state index in [-0.39, 0.29) is 0 Å². The summed E-state index contributed by atoms with van der Waals surface area (Å²) in [5.74, 6) is 0.696. The Bertz CT molecular complexity index is 559. The lowest BCUT2D eigenvalue weighted by Gasteiger charge is -2.10. The smallest absolute Gasteiger partial charge is 0.127 e. The van der Waals surface area contributed by atoms with Crippen LogP contribution in [0.2, 0.25) is 0 Å². The molecule has 1 aromatic heterocycles. The molecule has 2 nitrogen and oxygen atoms in total. The zero-order valence-electron chi connectivity index (χ0n) is 11.6. The molecule has 0 aliphatic heterocycles. The lowest BCUT2D eigenvalue weighted by molar-refractivity contribution is 0.717. The predicted molar refractivity (Wildman–Crippen MR) is 78.9 cm³/mol. The Kier molecular flexibility index (Phi) is 3.85. The van der Waals surface area contributed by atoms with Crippen LogP contribution in [0.15, 0.2) is 18.2 Å². The van der Waals surface area contributed by atoms with Crippen LogP contribution in [-0.4, -0.2) is 4.98 Å². The van der Waals surface area contributed by atoms with Gasteiger partial charge < -0.3 is 5.73 Å². The predicted octanol–water partition coefficient (Wildman–Crippen LogP) is 4.17. The first kappa shape index (κ1) is 12.9. The molecule has 0 atom stereocenters. The number of aryl methyl sites for hydroxylation is 3. The molecule has 2 rings (SSSR count). The van der Waals surface area contributed by atoms with Crippen molar-refractivity contribution in [2.45, 2.75) is 46.5 Å². The normalized spacial score (nSPS) is 11.1. The van der Waals surface area contributed by atoms with Gasteiger partial charge in [0.25, 0.3) is 0 Å². The minimum Gasteiger partial charge on any atom is -0.383 e. The van der Waals surface area contributed by atoms with Crippen molar-refractivity contribution < 1.29 is 0 Å². The molecule has 0 amide bonds. The number of aromatic nitrogens is 1. The van der Waals surface area contributed by atoms with E-state index in [1.807, 2.05) is 0 Å². The average Bonchev–Trinajstić information content (AvgIpc) is 2.36. The fourth-order valence-electron chi connectivity index (χ4n) is 2.32. The highest BCUT2D eigenvalue weighted by Crippen LogP contribution is 2.24. The van der Waals surface area contributed by atoms with Gasteiger partial charge in [0.2, 0.25) is 0 Å². The Labute approximate surface area is 109 Å². The van der Waals surface area contributed by atoms with Crippen molar-refractivity contribution in [3.05, 3.63) is 34.9 Å². The van der Waals surface area contributed by atoms with Crippen LogP contribution in [0.4, 0.5) is 5.82 Å². The van der Waals surface area contributed by atoms with E-state index in [9.17, 15) is 0 Å². The summed E-state index contributed by atoms with van der Waals surface area (Å²) in [5, 5.41) is 1.25. The molecule has 0 fully saturated rings. The second-order valence-corrected chi connectivity index (χ2v) is 5.06. The van der Waals surface area contributed by atoms with Crippen LogP contribution in [0.25, 0.3) is 10.9 Å². The minimum absolute atomic E-state index is 0.696. The highest BCUT2D eigenvalue weighted by Gasteiger charge is 2.07. The van der Waals surface area contributed by atoms with Gasteiger partial charge in [0.15, 0.2) is 0 Å². The number of unbranched alkanes of at least 4 members (excludes halogenated alkanes) is 2. The standard InChI is InChI=1S/C16H22N2/c1-4-5-6-7-13-10-14-12(3)11(2)8-9-15(14)18-16(13)17/h8-10H,4-7H2,1-3H3,(H2,17,18). The largest absolute Gasteiger partial charge is 0.383 e. The van der Waals surface area contributed by atoms with Crippen LogP contribution in [0.3, 0.4) is 0 Å². The Balaban J connectivity index is 2.42. The third-order valence-electron chi connectivity index (χ3n) is 3.70. The quantitative estimate of drug-likeness (QED) is 0.817. The van der Waals surface area contributed by atoms with Crippen molar-refractivity contribution in [2.75, 3.05) is 5.73 Å². The molecule has 0 saturated heterocycles. The van der Waals surface area contributed by atoms with E-state index in [0.29, 0.717) is 5.82 Å². The zero-order valence-corrected chi connectivity index (χ0v) is 11.6. The maximum Gasteiger partial charge on any atom is 0.127 e. The number of pyridine rings is 1. The van der Waals surface area contributed by atoms with Gasteiger partial charge in [0, 0.05) is 5.39 Å². The summed E-state index contributed by atoms with van der Waals surface area (Å²) in [5.41, 5.74) is 10.9. The number of rotatable bonds is 4. The van der Waals surface area contributed by atoms with Gasteiger partial charge in [-0.15, -0.1) is 0 Å². The number of fused-ring (bicyclic) bond motifs is 1. The summed E-state index contributed by atoms with van der Waals surface area (Å²) in [4.78, 5) is 4.53. The number of anilines is 1. The van der Waals surface area contributed by atoms with E-state index < -0.39 is 0 Å². The molecule has 0 unspecified atom stereocenters. The van der Waals surface area contributed by atoms with Gasteiger partial charge in [-0.25, -0.2) is 4.98 Å². The third-order valence-corrected chi connectivity index (χ3v) is 3.70. The van der Waals surface area contributed by atoms with Gasteiger partial charge in [-0.3, -0.25) is 0 Å². The van der Waals surface area contributed by atoms with Crippen LogP contribution in [0.5, 0.6) is 0 Å². The van der Waals surface area contributed by atoms with Crippen LogP contribution >= 0.6 is 0 Å². The van der Waals surface area contributed by atoms with Crippen molar-refractivity contribution in [3.63, 3.8) is 0 Å². The second kappa shape index (κ2) is 5.38. The highest BCUT2D eigenvalue weighted by molar-refractivity contribution is 5.85. The summed E-state index contributed by atoms with van der Waals surface area (Å²) in [7, 11) is 0. The molecule has 0 saturated carbocycles. The van der Waals surface area contributed by atoms with Crippen molar-refractivity contribution in [1.29, 1.82) is 0 Å². The molecule has 1 aromatic carbocycles. The first-order valence-corrected chi connectivity index (χ1v) is 6.78. The monoisotopic (exact) mass is 242 g/mol. The number of hydrogen-bond donors (Lipinski definition) is 1. The van der Waals surface area contributed by atoms with Crippen molar-refractivity contribution in [1.82, 2.24) is 4.98 Å². The van der Waals surface area contributed by atoms with E-state index in [4.69, 9.17) is 5.73 Å². The molecule has 2 N–H and O–H groups in total. The fourth-order valence-corrected chi connectivity index (χ4v) is 2.32. The van der Waals surface area contributed by atoms with Crippen LogP contribution in [0.1, 0.15) is 42.9 Å². The van der Waals surface area contributed by atoms with E-state index in [0.717, 1.165) is 11.9 Å². The van der Waals surface area contributed by atoms with Crippen molar-refractivity contribution in [2.24, 2.45) is 0 Å². The third kappa shape index (κ3) is 2.47. The van der Waals surface area contributed by atoms with E-state index >= 15 is 0 Å². The average molecular weight is 242 g/mol. The first-order valence-electron chi connectivity index (χ1n) is 6.78. The molecule has 18 heavy (non-hydrogen) atoms. The molecule has 96 valence electrons. The lowest BCUT2D eigenvalue weighted by atomic mass is 10.0. The van der Waals surface area contributed by atoms with Gasteiger partial charge in [-0.05, 0) is 55.5 Å². The van der Waals surface area contributed by atoms with Gasteiger partial charge in [-0.2, -0.15) is 0 Å². The molecule has 2 heteroatoms. The van der Waals surface area contributed by atoms with Crippen LogP contribution < -0.4 is 5.73 Å². The zero-order chi connectivity index (χ0) is 13.1. The summed E-state index contributed by atoms with van der Waals surface area (Å²) in [6.45, 7) is 6.52. The number of nitrogen functional groups attached to an aromatic ring is 1. The van der Waals surface area contributed by atoms with Gasteiger partial charge >= 0.3 is 0 Å². The highest BCUT2D eigenvalue weighted by atomic mass is 14.8. The first-order chi connectivity index (χ1) is 8.63. The number of hydrogen-bond acceptors (Lipinski definition) is 2.